The number of hydrogen-bond donors (Lipinski definition) is 0. The summed E-state index contributed by atoms with van der Waals surface area (Å²) in [7, 11) is -4.05. The van der Waals surface area contributed by atoms with Gasteiger partial charge < -0.3 is 0 Å². The highest BCUT2D eigenvalue weighted by Gasteiger charge is 2.50. The second-order valence-corrected chi connectivity index (χ2v) is 9.05. The molecule has 2 aromatic rings. The summed E-state index contributed by atoms with van der Waals surface area (Å²) in [5.74, 6) is -0.585. The Morgan fingerprint density at radius 3 is 2.16 bits per heavy atom. The van der Waals surface area contributed by atoms with Crippen LogP contribution in [0.25, 0.3) is 0 Å². The zero-order valence-corrected chi connectivity index (χ0v) is 16.0. The van der Waals surface area contributed by atoms with Crippen molar-refractivity contribution in [2.75, 3.05) is 0 Å². The minimum atomic E-state index is -4.05. The lowest BCUT2D eigenvalue weighted by atomic mass is 9.88. The van der Waals surface area contributed by atoms with E-state index < -0.39 is 25.5 Å². The van der Waals surface area contributed by atoms with Crippen molar-refractivity contribution in [3.05, 3.63) is 65.2 Å². The second kappa shape index (κ2) is 6.40. The summed E-state index contributed by atoms with van der Waals surface area (Å²) in [6.07, 6.45) is 0. The number of aryl methyl sites for hydroxylation is 1. The topological polar surface area (TPSA) is 63.6 Å². The molecule has 8 heteroatoms. The fourth-order valence-electron chi connectivity index (χ4n) is 2.50. The van der Waals surface area contributed by atoms with E-state index in [2.05, 4.69) is 4.40 Å². The molecular weight excluding hydrogens is 405 g/mol. The van der Waals surface area contributed by atoms with Crippen molar-refractivity contribution < 1.29 is 13.2 Å². The monoisotopic (exact) mass is 415 g/mol. The minimum Gasteiger partial charge on any atom is -0.291 e. The van der Waals surface area contributed by atoms with Gasteiger partial charge >= 0.3 is 0 Å². The van der Waals surface area contributed by atoms with E-state index in [1.54, 1.807) is 30.3 Å². The number of sulfonamides is 1. The molecule has 0 N–H and O–H groups in total. The van der Waals surface area contributed by atoms with Crippen LogP contribution in [0.1, 0.15) is 21.5 Å². The SMILES string of the molecule is Cc1ccc(S(=O)(=O)N=C2c3ccccc3C(=O)C(Cl)(Cl)[C@H]2Cl)cc1. The Bertz CT molecular complexity index is 982. The number of halogens is 3. The van der Waals surface area contributed by atoms with Crippen molar-refractivity contribution >= 4 is 56.3 Å². The molecule has 0 aliphatic heterocycles. The van der Waals surface area contributed by atoms with Crippen LogP contribution in [-0.4, -0.2) is 29.6 Å². The van der Waals surface area contributed by atoms with E-state index in [0.717, 1.165) is 5.56 Å². The average molecular weight is 417 g/mol. The van der Waals surface area contributed by atoms with E-state index in [1.807, 2.05) is 6.92 Å². The lowest BCUT2D eigenvalue weighted by Gasteiger charge is -2.31. The smallest absolute Gasteiger partial charge is 0.282 e. The first-order valence-corrected chi connectivity index (χ1v) is 9.85. The fourth-order valence-corrected chi connectivity index (χ4v) is 4.28. The van der Waals surface area contributed by atoms with E-state index in [0.29, 0.717) is 5.56 Å². The number of fused-ring (bicyclic) bond motifs is 1. The molecule has 0 radical (unpaired) electrons. The molecule has 0 aromatic heterocycles. The molecule has 25 heavy (non-hydrogen) atoms. The summed E-state index contributed by atoms with van der Waals surface area (Å²) in [5, 5.41) is -1.31. The van der Waals surface area contributed by atoms with E-state index in [1.165, 1.54) is 18.2 Å². The summed E-state index contributed by atoms with van der Waals surface area (Å²) < 4.78 is 27.1. The molecule has 0 saturated carbocycles. The Morgan fingerprint density at radius 1 is 1.00 bits per heavy atom. The van der Waals surface area contributed by atoms with E-state index >= 15 is 0 Å². The number of carbonyl (C=O) groups excluding carboxylic acids is 1. The predicted octanol–water partition coefficient (Wildman–Crippen LogP) is 4.15. The predicted molar refractivity (Wildman–Crippen MR) is 99.8 cm³/mol. The third-order valence-corrected chi connectivity index (χ3v) is 6.69. The van der Waals surface area contributed by atoms with Crippen molar-refractivity contribution in [3.8, 4) is 0 Å². The quantitative estimate of drug-likeness (QED) is 0.691. The van der Waals surface area contributed by atoms with Crippen LogP contribution in [0.2, 0.25) is 0 Å². The molecule has 0 fully saturated rings. The molecule has 4 nitrogen and oxygen atoms in total. The Labute approximate surface area is 160 Å². The van der Waals surface area contributed by atoms with Crippen LogP contribution >= 0.6 is 34.8 Å². The third kappa shape index (κ3) is 3.22. The number of nitrogens with zero attached hydrogens (tertiary/aromatic N) is 1. The number of carbonyl (C=O) groups is 1. The standard InChI is InChI=1S/C17H12Cl3NO3S/c1-10-6-8-11(9-7-10)25(23,24)21-14-12-4-2-3-5-13(12)16(22)17(19,20)15(14)18/h2-9,15H,1H3/t15-/m0/s1. The second-order valence-electron chi connectivity index (χ2n) is 5.62. The normalized spacial score (nSPS) is 21.2. The van der Waals surface area contributed by atoms with Crippen molar-refractivity contribution in [3.63, 3.8) is 0 Å². The Hall–Kier alpha value is -1.40. The minimum absolute atomic E-state index is 0.0126. The summed E-state index contributed by atoms with van der Waals surface area (Å²) in [4.78, 5) is 12.4. The number of rotatable bonds is 2. The highest BCUT2D eigenvalue weighted by atomic mass is 35.5. The van der Waals surface area contributed by atoms with Gasteiger partial charge in [-0.3, -0.25) is 4.79 Å². The van der Waals surface area contributed by atoms with Crippen molar-refractivity contribution in [2.45, 2.75) is 21.5 Å². The van der Waals surface area contributed by atoms with Crippen LogP contribution in [-0.2, 0) is 10.0 Å². The van der Waals surface area contributed by atoms with Gasteiger partial charge in [-0.15, -0.1) is 11.6 Å². The highest BCUT2D eigenvalue weighted by molar-refractivity contribution is 7.90. The van der Waals surface area contributed by atoms with Gasteiger partial charge in [-0.05, 0) is 19.1 Å². The Balaban J connectivity index is 2.21. The molecule has 3 rings (SSSR count). The Kier molecular flexibility index (Phi) is 4.71. The molecule has 1 aliphatic carbocycles. The van der Waals surface area contributed by atoms with Gasteiger partial charge in [-0.25, -0.2) is 0 Å². The van der Waals surface area contributed by atoms with E-state index in [4.69, 9.17) is 34.8 Å². The van der Waals surface area contributed by atoms with Crippen LogP contribution in [0.5, 0.6) is 0 Å². The highest BCUT2D eigenvalue weighted by Crippen LogP contribution is 2.41. The third-order valence-electron chi connectivity index (χ3n) is 3.85. The molecule has 1 atom stereocenters. The number of benzene rings is 2. The molecule has 0 amide bonds. The van der Waals surface area contributed by atoms with Crippen molar-refractivity contribution in [1.82, 2.24) is 0 Å². The summed E-state index contributed by atoms with van der Waals surface area (Å²) >= 11 is 18.4. The summed E-state index contributed by atoms with van der Waals surface area (Å²) in [6.45, 7) is 1.84. The van der Waals surface area contributed by atoms with Crippen LogP contribution < -0.4 is 0 Å². The zero-order valence-electron chi connectivity index (χ0n) is 12.9. The van der Waals surface area contributed by atoms with Gasteiger partial charge in [0.1, 0.15) is 5.38 Å². The van der Waals surface area contributed by atoms with E-state index in [-0.39, 0.29) is 16.2 Å². The summed E-state index contributed by atoms with van der Waals surface area (Å²) in [5.41, 5.74) is 1.35. The van der Waals surface area contributed by atoms with Gasteiger partial charge in [-0.1, -0.05) is 65.2 Å². The molecule has 2 aromatic carbocycles. The van der Waals surface area contributed by atoms with Crippen LogP contribution in [0.15, 0.2) is 57.8 Å². The van der Waals surface area contributed by atoms with E-state index in [9.17, 15) is 13.2 Å². The van der Waals surface area contributed by atoms with Gasteiger partial charge in [-0.2, -0.15) is 12.8 Å². The lowest BCUT2D eigenvalue weighted by Crippen LogP contribution is -2.46. The first-order valence-electron chi connectivity index (χ1n) is 7.22. The van der Waals surface area contributed by atoms with Gasteiger partial charge in [0.05, 0.1) is 10.6 Å². The number of alkyl halides is 3. The van der Waals surface area contributed by atoms with Crippen molar-refractivity contribution in [2.24, 2.45) is 4.40 Å². The molecule has 1 aliphatic rings. The van der Waals surface area contributed by atoms with Gasteiger partial charge in [0.2, 0.25) is 10.1 Å². The zero-order chi connectivity index (χ0) is 18.4. The van der Waals surface area contributed by atoms with Crippen LogP contribution in [0.4, 0.5) is 0 Å². The number of hydrogen-bond acceptors (Lipinski definition) is 3. The molecular formula is C17H12Cl3NO3S. The fraction of sp³-hybridized carbons (Fsp3) is 0.176. The maximum atomic E-state index is 12.6. The largest absolute Gasteiger partial charge is 0.291 e. The van der Waals surface area contributed by atoms with Crippen LogP contribution in [0.3, 0.4) is 0 Å². The number of Topliss-reactive ketones (excluding diaryl/α,β-unsaturated/α-hetero) is 1. The maximum absolute atomic E-state index is 12.6. The molecule has 0 spiro atoms. The first kappa shape index (κ1) is 18.4. The summed E-state index contributed by atoms with van der Waals surface area (Å²) in [6, 6.07) is 12.6. The molecule has 0 heterocycles. The van der Waals surface area contributed by atoms with Crippen LogP contribution in [0, 0.1) is 6.92 Å². The first-order chi connectivity index (χ1) is 11.6. The number of ketones is 1. The van der Waals surface area contributed by atoms with Gasteiger partial charge in [0.15, 0.2) is 0 Å². The molecule has 130 valence electrons. The Morgan fingerprint density at radius 2 is 1.56 bits per heavy atom. The average Bonchev–Trinajstić information content (AvgIpc) is 2.58. The molecule has 0 saturated heterocycles. The lowest BCUT2D eigenvalue weighted by molar-refractivity contribution is 0.0972. The molecule has 0 bridgehead atoms. The molecule has 0 unspecified atom stereocenters. The van der Waals surface area contributed by atoms with Gasteiger partial charge in [0.25, 0.3) is 10.0 Å². The van der Waals surface area contributed by atoms with Gasteiger partial charge in [0, 0.05) is 11.1 Å². The maximum Gasteiger partial charge on any atom is 0.282 e. The van der Waals surface area contributed by atoms with Crippen molar-refractivity contribution in [1.29, 1.82) is 0 Å².